The minimum absolute atomic E-state index is 0.0142. The van der Waals surface area contributed by atoms with Crippen LogP contribution in [-0.4, -0.2) is 114 Å². The van der Waals surface area contributed by atoms with Gasteiger partial charge in [0.05, 0.1) is 12.7 Å². The largest absolute Gasteiger partial charge is 0.472 e. The Morgan fingerprint density at radius 3 is 1.60 bits per heavy atom. The van der Waals surface area contributed by atoms with Gasteiger partial charge in [-0.2, -0.15) is 0 Å². The van der Waals surface area contributed by atoms with Crippen molar-refractivity contribution >= 4 is 27.6 Å². The number of allylic oxidation sites excluding steroid dienone is 17. The Kier molecular flexibility index (Phi) is 37.1. The van der Waals surface area contributed by atoms with Gasteiger partial charge in [0.2, 0.25) is 0 Å². The SMILES string of the molecule is CC/C=C\C/C=C\C/C=C\C/C=C\C/C=C\C=C/C(O)CCC(=O)OC[C@H](COP(=O)(O)O[C@H]1C(O)C(O)C(O)[C@@H](OP(=O)(O)O)C1O)OC(=O)CCC/C=C\C/C=C\C/C=C\CCCCCCCC. The molecule has 19 heteroatoms. The second-order valence-corrected chi connectivity index (χ2v) is 19.2. The monoisotopic (exact) mass is 1030 g/mol. The van der Waals surface area contributed by atoms with Crippen LogP contribution in [0, 0.1) is 0 Å². The first-order chi connectivity index (χ1) is 33.5. The minimum atomic E-state index is -5.40. The molecular formula is C51H82O17P2. The van der Waals surface area contributed by atoms with Gasteiger partial charge in [-0.05, 0) is 77.0 Å². The van der Waals surface area contributed by atoms with Crippen LogP contribution in [0.25, 0.3) is 0 Å². The second kappa shape index (κ2) is 40.1. The molecule has 8 N–H and O–H groups in total. The predicted octanol–water partition coefficient (Wildman–Crippen LogP) is 8.70. The van der Waals surface area contributed by atoms with Gasteiger partial charge in [0.15, 0.2) is 6.10 Å². The number of hydrogen-bond acceptors (Lipinski definition) is 14. The van der Waals surface area contributed by atoms with Gasteiger partial charge in [-0.15, -0.1) is 0 Å². The molecule has 0 saturated heterocycles. The van der Waals surface area contributed by atoms with Gasteiger partial charge in [0, 0.05) is 12.8 Å². The molecule has 1 fully saturated rings. The minimum Gasteiger partial charge on any atom is -0.462 e. The summed E-state index contributed by atoms with van der Waals surface area (Å²) in [6.07, 6.45) is 35.1. The molecule has 70 heavy (non-hydrogen) atoms. The first-order valence-electron chi connectivity index (χ1n) is 24.5. The molecule has 0 bridgehead atoms. The third-order valence-electron chi connectivity index (χ3n) is 10.4. The van der Waals surface area contributed by atoms with Crippen molar-refractivity contribution in [1.82, 2.24) is 0 Å². The molecule has 1 aliphatic rings. The summed E-state index contributed by atoms with van der Waals surface area (Å²) >= 11 is 0. The number of carbonyl (C=O) groups is 2. The van der Waals surface area contributed by atoms with E-state index in [0.717, 1.165) is 38.5 Å². The molecule has 1 saturated carbocycles. The van der Waals surface area contributed by atoms with E-state index in [-0.39, 0.29) is 19.3 Å². The highest BCUT2D eigenvalue weighted by Gasteiger charge is 2.54. The number of carbonyl (C=O) groups excluding carboxylic acids is 2. The van der Waals surface area contributed by atoms with E-state index in [0.29, 0.717) is 25.7 Å². The standard InChI is InChI=1S/C51H82O17P2/c1-3-5-7-9-11-13-15-17-19-21-23-25-27-29-31-33-35-37-45(54)66-43(41-65-70(62,63)68-51-48(57)46(55)47(56)50(49(51)58)67-69(59,60)61)40-64-44(53)39-38-42(52)36-34-32-30-28-26-24-22-20-18-16-14-12-10-8-6-4-2/h6,8,12,14,17-20,23-26,29-32,34,36,42-43,46-52,55-58H,3-5,7,9-11,13,15-16,21-22,27-28,33,35,37-41H2,1-2H3,(H,62,63)(H2,59,60,61)/b8-6-,14-12-,19-17-,20-18-,25-23-,26-24-,31-29-,32-30-,36-34-/t42?,43-,46?,47?,48?,49?,50-,51+/m1/s1. The molecule has 0 amide bonds. The van der Waals surface area contributed by atoms with Crippen LogP contribution >= 0.6 is 15.6 Å². The Hall–Kier alpha value is -3.38. The third-order valence-corrected chi connectivity index (χ3v) is 12.0. The van der Waals surface area contributed by atoms with Crippen molar-refractivity contribution in [2.24, 2.45) is 0 Å². The molecule has 398 valence electrons. The molecule has 1 rings (SSSR count). The molecule has 0 radical (unpaired) electrons. The van der Waals surface area contributed by atoms with E-state index in [2.05, 4.69) is 85.2 Å². The molecule has 0 heterocycles. The van der Waals surface area contributed by atoms with Crippen LogP contribution in [-0.2, 0) is 41.8 Å². The first kappa shape index (κ1) is 64.6. The Morgan fingerprint density at radius 2 is 1.04 bits per heavy atom. The summed E-state index contributed by atoms with van der Waals surface area (Å²) in [5, 5.41) is 51.6. The fourth-order valence-electron chi connectivity index (χ4n) is 6.62. The molecule has 6 unspecified atom stereocenters. The van der Waals surface area contributed by atoms with Crippen molar-refractivity contribution in [2.45, 2.75) is 185 Å². The highest BCUT2D eigenvalue weighted by molar-refractivity contribution is 7.47. The van der Waals surface area contributed by atoms with E-state index in [1.807, 2.05) is 24.3 Å². The van der Waals surface area contributed by atoms with Crippen molar-refractivity contribution < 1.29 is 82.0 Å². The summed E-state index contributed by atoms with van der Waals surface area (Å²) in [7, 11) is -10.8. The van der Waals surface area contributed by atoms with E-state index in [1.54, 1.807) is 12.2 Å². The summed E-state index contributed by atoms with van der Waals surface area (Å²) in [4.78, 5) is 54.3. The van der Waals surface area contributed by atoms with E-state index < -0.39 is 89.6 Å². The van der Waals surface area contributed by atoms with Gasteiger partial charge in [0.25, 0.3) is 0 Å². The van der Waals surface area contributed by atoms with Crippen molar-refractivity contribution in [3.05, 3.63) is 109 Å². The van der Waals surface area contributed by atoms with Crippen LogP contribution in [0.5, 0.6) is 0 Å². The lowest BCUT2D eigenvalue weighted by atomic mass is 9.85. The van der Waals surface area contributed by atoms with Crippen molar-refractivity contribution in [1.29, 1.82) is 0 Å². The van der Waals surface area contributed by atoms with Crippen LogP contribution in [0.1, 0.15) is 136 Å². The first-order valence-corrected chi connectivity index (χ1v) is 27.6. The molecule has 0 aromatic carbocycles. The van der Waals surface area contributed by atoms with Gasteiger partial charge >= 0.3 is 27.6 Å². The fourth-order valence-corrected chi connectivity index (χ4v) is 8.16. The second-order valence-electron chi connectivity index (χ2n) is 16.6. The topological polar surface area (TPSA) is 276 Å². The summed E-state index contributed by atoms with van der Waals surface area (Å²) in [6.45, 7) is 2.73. The quantitative estimate of drug-likeness (QED) is 0.00940. The van der Waals surface area contributed by atoms with E-state index in [4.69, 9.17) is 18.5 Å². The Labute approximate surface area is 415 Å². The molecule has 9 atom stereocenters. The zero-order valence-electron chi connectivity index (χ0n) is 41.0. The maximum Gasteiger partial charge on any atom is 0.472 e. The van der Waals surface area contributed by atoms with Crippen LogP contribution < -0.4 is 0 Å². The summed E-state index contributed by atoms with van der Waals surface area (Å²) in [5.74, 6) is -1.56. The lowest BCUT2D eigenvalue weighted by Gasteiger charge is -2.43. The maximum atomic E-state index is 13.0. The number of hydrogen-bond donors (Lipinski definition) is 8. The number of unbranched alkanes of at least 4 members (excludes halogenated alkanes) is 7. The highest BCUT2D eigenvalue weighted by Crippen LogP contribution is 2.49. The lowest BCUT2D eigenvalue weighted by molar-refractivity contribution is -0.216. The maximum absolute atomic E-state index is 13.0. The number of phosphoric ester groups is 2. The van der Waals surface area contributed by atoms with Gasteiger partial charge in [0.1, 0.15) is 43.2 Å². The molecule has 0 spiro atoms. The van der Waals surface area contributed by atoms with Crippen LogP contribution in [0.3, 0.4) is 0 Å². The Morgan fingerprint density at radius 1 is 0.543 bits per heavy atom. The Bertz CT molecular complexity index is 1780. The van der Waals surface area contributed by atoms with E-state index in [9.17, 15) is 58.9 Å². The number of aliphatic hydroxyl groups is 5. The smallest absolute Gasteiger partial charge is 0.462 e. The summed E-state index contributed by atoms with van der Waals surface area (Å²) < 4.78 is 49.2. The number of aliphatic hydroxyl groups excluding tert-OH is 5. The molecule has 0 aromatic rings. The molecule has 0 aromatic heterocycles. The average Bonchev–Trinajstić information content (AvgIpc) is 3.31. The van der Waals surface area contributed by atoms with E-state index in [1.165, 1.54) is 44.6 Å². The van der Waals surface area contributed by atoms with Crippen LogP contribution in [0.15, 0.2) is 109 Å². The summed E-state index contributed by atoms with van der Waals surface area (Å²) in [6, 6.07) is 0. The van der Waals surface area contributed by atoms with Crippen LogP contribution in [0.4, 0.5) is 0 Å². The van der Waals surface area contributed by atoms with E-state index >= 15 is 0 Å². The van der Waals surface area contributed by atoms with Gasteiger partial charge in [-0.1, -0.05) is 155 Å². The molecule has 1 aliphatic carbocycles. The Balaban J connectivity index is 2.72. The predicted molar refractivity (Wildman–Crippen MR) is 270 cm³/mol. The van der Waals surface area contributed by atoms with Gasteiger partial charge in [-0.25, -0.2) is 9.13 Å². The third kappa shape index (κ3) is 34.1. The zero-order valence-corrected chi connectivity index (χ0v) is 42.8. The lowest BCUT2D eigenvalue weighted by Crippen LogP contribution is -2.64. The zero-order chi connectivity index (χ0) is 51.9. The molecule has 17 nitrogen and oxygen atoms in total. The van der Waals surface area contributed by atoms with Gasteiger partial charge < -0.3 is 49.7 Å². The summed E-state index contributed by atoms with van der Waals surface area (Å²) in [5.41, 5.74) is 0. The van der Waals surface area contributed by atoms with Crippen molar-refractivity contribution in [2.75, 3.05) is 13.2 Å². The number of ether oxygens (including phenoxy) is 2. The number of phosphoric acid groups is 2. The van der Waals surface area contributed by atoms with Gasteiger partial charge in [-0.3, -0.25) is 23.2 Å². The van der Waals surface area contributed by atoms with Crippen LogP contribution in [0.2, 0.25) is 0 Å². The molecular weight excluding hydrogens is 946 g/mol. The average molecular weight is 1030 g/mol. The highest BCUT2D eigenvalue weighted by atomic mass is 31.2. The fraction of sp³-hybridized carbons (Fsp3) is 0.608. The number of esters is 2. The van der Waals surface area contributed by atoms with Crippen molar-refractivity contribution in [3.8, 4) is 0 Å². The molecule has 0 aliphatic heterocycles. The number of rotatable bonds is 39. The normalized spacial score (nSPS) is 22.4. The van der Waals surface area contributed by atoms with Crippen molar-refractivity contribution in [3.63, 3.8) is 0 Å².